The summed E-state index contributed by atoms with van der Waals surface area (Å²) in [6.07, 6.45) is 0.203. The Morgan fingerprint density at radius 2 is 1.93 bits per heavy atom. The molecule has 0 amide bonds. The normalized spacial score (nSPS) is 15.7. The predicted molar refractivity (Wildman–Crippen MR) is 97.4 cm³/mol. The molecular weight excluding hydrogens is 347 g/mol. The van der Waals surface area contributed by atoms with Crippen molar-refractivity contribution in [2.75, 3.05) is 0 Å². The standard InChI is InChI=1S/C22H17FO4/c23-20-7-2-1-4-15(20)13-26-17-6-3-5-14(10-17)19-12-22(25)27-21-11-16(24)8-9-18(19)21/h1-11,19,24H,12-13H2. The molecule has 5 heteroatoms. The van der Waals surface area contributed by atoms with Crippen molar-refractivity contribution in [1.29, 1.82) is 0 Å². The van der Waals surface area contributed by atoms with E-state index in [1.54, 1.807) is 36.4 Å². The van der Waals surface area contributed by atoms with Gasteiger partial charge in [0.2, 0.25) is 0 Å². The summed E-state index contributed by atoms with van der Waals surface area (Å²) < 4.78 is 24.7. The smallest absolute Gasteiger partial charge is 0.312 e. The summed E-state index contributed by atoms with van der Waals surface area (Å²) in [5.41, 5.74) is 2.20. The molecule has 0 saturated heterocycles. The molecule has 0 aliphatic carbocycles. The van der Waals surface area contributed by atoms with E-state index in [1.807, 2.05) is 18.2 Å². The Balaban J connectivity index is 1.59. The fourth-order valence-corrected chi connectivity index (χ4v) is 3.24. The molecule has 1 atom stereocenters. The average molecular weight is 364 g/mol. The average Bonchev–Trinajstić information content (AvgIpc) is 2.66. The number of hydrogen-bond acceptors (Lipinski definition) is 4. The van der Waals surface area contributed by atoms with Crippen LogP contribution in [-0.4, -0.2) is 11.1 Å². The lowest BCUT2D eigenvalue weighted by Crippen LogP contribution is -2.20. The quantitative estimate of drug-likeness (QED) is 0.545. The number of aromatic hydroxyl groups is 1. The summed E-state index contributed by atoms with van der Waals surface area (Å²) in [6, 6.07) is 18.6. The Bertz CT molecular complexity index is 999. The zero-order chi connectivity index (χ0) is 18.8. The molecule has 27 heavy (non-hydrogen) atoms. The van der Waals surface area contributed by atoms with E-state index in [4.69, 9.17) is 9.47 Å². The van der Waals surface area contributed by atoms with Gasteiger partial charge in [0.1, 0.15) is 29.7 Å². The van der Waals surface area contributed by atoms with Gasteiger partial charge in [0.15, 0.2) is 0 Å². The molecule has 0 aromatic heterocycles. The van der Waals surface area contributed by atoms with E-state index in [1.165, 1.54) is 12.1 Å². The number of fused-ring (bicyclic) bond motifs is 1. The number of benzene rings is 3. The summed E-state index contributed by atoms with van der Waals surface area (Å²) in [4.78, 5) is 12.0. The topological polar surface area (TPSA) is 55.8 Å². The van der Waals surface area contributed by atoms with Crippen LogP contribution in [0.25, 0.3) is 0 Å². The Morgan fingerprint density at radius 1 is 1.07 bits per heavy atom. The van der Waals surface area contributed by atoms with Gasteiger partial charge in [-0.3, -0.25) is 4.79 Å². The largest absolute Gasteiger partial charge is 0.508 e. The molecule has 3 aromatic carbocycles. The van der Waals surface area contributed by atoms with Gasteiger partial charge in [-0.1, -0.05) is 36.4 Å². The molecule has 4 nitrogen and oxygen atoms in total. The van der Waals surface area contributed by atoms with Crippen LogP contribution in [-0.2, 0) is 11.4 Å². The lowest BCUT2D eigenvalue weighted by Gasteiger charge is -2.25. The number of halogens is 1. The van der Waals surface area contributed by atoms with Crippen molar-refractivity contribution in [3.05, 3.63) is 89.2 Å². The number of phenols is 1. The molecule has 0 fully saturated rings. The van der Waals surface area contributed by atoms with Gasteiger partial charge in [-0.25, -0.2) is 4.39 Å². The maximum absolute atomic E-state index is 13.8. The lowest BCUT2D eigenvalue weighted by molar-refractivity contribution is -0.135. The van der Waals surface area contributed by atoms with Crippen LogP contribution >= 0.6 is 0 Å². The van der Waals surface area contributed by atoms with Crippen molar-refractivity contribution < 1.29 is 23.8 Å². The molecule has 0 saturated carbocycles. The van der Waals surface area contributed by atoms with Gasteiger partial charge in [0.05, 0.1) is 6.42 Å². The molecule has 0 bridgehead atoms. The number of ether oxygens (including phenoxy) is 2. The fourth-order valence-electron chi connectivity index (χ4n) is 3.24. The van der Waals surface area contributed by atoms with Crippen LogP contribution in [0.4, 0.5) is 4.39 Å². The molecule has 136 valence electrons. The number of esters is 1. The van der Waals surface area contributed by atoms with E-state index >= 15 is 0 Å². The maximum Gasteiger partial charge on any atom is 0.312 e. The van der Waals surface area contributed by atoms with Gasteiger partial charge in [-0.2, -0.15) is 0 Å². The molecule has 1 heterocycles. The molecule has 0 spiro atoms. The van der Waals surface area contributed by atoms with Gasteiger partial charge >= 0.3 is 5.97 Å². The van der Waals surface area contributed by atoms with Crippen molar-refractivity contribution in [2.45, 2.75) is 18.9 Å². The highest BCUT2D eigenvalue weighted by atomic mass is 19.1. The van der Waals surface area contributed by atoms with Crippen molar-refractivity contribution in [2.24, 2.45) is 0 Å². The summed E-state index contributed by atoms with van der Waals surface area (Å²) in [5, 5.41) is 9.63. The third-order valence-electron chi connectivity index (χ3n) is 4.58. The Hall–Kier alpha value is -3.34. The summed E-state index contributed by atoms with van der Waals surface area (Å²) in [5.74, 6) is 0.153. The minimum absolute atomic E-state index is 0.0455. The second-order valence-electron chi connectivity index (χ2n) is 6.41. The minimum Gasteiger partial charge on any atom is -0.508 e. The van der Waals surface area contributed by atoms with E-state index < -0.39 is 0 Å². The van der Waals surface area contributed by atoms with E-state index in [0.29, 0.717) is 17.1 Å². The first-order valence-corrected chi connectivity index (χ1v) is 8.60. The van der Waals surface area contributed by atoms with Gasteiger partial charge in [0, 0.05) is 23.1 Å². The first-order valence-electron chi connectivity index (χ1n) is 8.60. The van der Waals surface area contributed by atoms with Gasteiger partial charge in [-0.15, -0.1) is 0 Å². The SMILES string of the molecule is O=C1CC(c2cccc(OCc3ccccc3F)c2)c2ccc(O)cc2O1. The van der Waals surface area contributed by atoms with Crippen LogP contribution in [0.2, 0.25) is 0 Å². The first kappa shape index (κ1) is 17.1. The minimum atomic E-state index is -0.351. The van der Waals surface area contributed by atoms with E-state index in [0.717, 1.165) is 11.1 Å². The van der Waals surface area contributed by atoms with E-state index in [9.17, 15) is 14.3 Å². The Kier molecular flexibility index (Phi) is 4.50. The second-order valence-corrected chi connectivity index (χ2v) is 6.41. The van der Waals surface area contributed by atoms with Crippen LogP contribution in [0, 0.1) is 5.82 Å². The van der Waals surface area contributed by atoms with Gasteiger partial charge in [-0.05, 0) is 29.8 Å². The highest BCUT2D eigenvalue weighted by Gasteiger charge is 2.28. The molecule has 1 aliphatic heterocycles. The highest BCUT2D eigenvalue weighted by molar-refractivity contribution is 5.78. The molecule has 4 rings (SSSR count). The summed E-state index contributed by atoms with van der Waals surface area (Å²) in [6.45, 7) is 0.118. The molecule has 1 N–H and O–H groups in total. The zero-order valence-electron chi connectivity index (χ0n) is 14.4. The highest BCUT2D eigenvalue weighted by Crippen LogP contribution is 2.40. The Morgan fingerprint density at radius 3 is 2.78 bits per heavy atom. The van der Waals surface area contributed by atoms with Crippen molar-refractivity contribution in [1.82, 2.24) is 0 Å². The summed E-state index contributed by atoms with van der Waals surface area (Å²) >= 11 is 0. The van der Waals surface area contributed by atoms with Crippen molar-refractivity contribution >= 4 is 5.97 Å². The molecule has 3 aromatic rings. The number of phenolic OH excluding ortho intramolecular Hbond substituents is 1. The van der Waals surface area contributed by atoms with Crippen molar-refractivity contribution in [3.63, 3.8) is 0 Å². The fraction of sp³-hybridized carbons (Fsp3) is 0.136. The van der Waals surface area contributed by atoms with Crippen LogP contribution in [0.15, 0.2) is 66.7 Å². The zero-order valence-corrected chi connectivity index (χ0v) is 14.4. The second kappa shape index (κ2) is 7.11. The third-order valence-corrected chi connectivity index (χ3v) is 4.58. The van der Waals surface area contributed by atoms with E-state index in [-0.39, 0.29) is 36.5 Å². The number of carbonyl (C=O) groups excluding carboxylic acids is 1. The molecule has 1 unspecified atom stereocenters. The number of rotatable bonds is 4. The molecule has 0 radical (unpaired) electrons. The summed E-state index contributed by atoms with van der Waals surface area (Å²) in [7, 11) is 0. The number of carbonyl (C=O) groups is 1. The van der Waals surface area contributed by atoms with Crippen LogP contribution in [0.3, 0.4) is 0 Å². The first-order chi connectivity index (χ1) is 13.1. The van der Waals surface area contributed by atoms with Crippen molar-refractivity contribution in [3.8, 4) is 17.2 Å². The monoisotopic (exact) mass is 364 g/mol. The van der Waals surface area contributed by atoms with Crippen LogP contribution < -0.4 is 9.47 Å². The van der Waals surface area contributed by atoms with Crippen LogP contribution in [0.1, 0.15) is 29.0 Å². The van der Waals surface area contributed by atoms with Gasteiger partial charge < -0.3 is 14.6 Å². The van der Waals surface area contributed by atoms with E-state index in [2.05, 4.69) is 0 Å². The van der Waals surface area contributed by atoms with Crippen LogP contribution in [0.5, 0.6) is 17.2 Å². The molecular formula is C22H17FO4. The lowest BCUT2D eigenvalue weighted by atomic mass is 9.86. The van der Waals surface area contributed by atoms with Gasteiger partial charge in [0.25, 0.3) is 0 Å². The predicted octanol–water partition coefficient (Wildman–Crippen LogP) is 4.55. The Labute approximate surface area is 155 Å². The maximum atomic E-state index is 13.8. The third kappa shape index (κ3) is 3.62. The molecule has 1 aliphatic rings. The number of hydrogen-bond donors (Lipinski definition) is 1.